The molecule has 0 rings (SSSR count). The van der Waals surface area contributed by atoms with E-state index in [0.717, 1.165) is 32.1 Å². The van der Waals surface area contributed by atoms with E-state index in [0.29, 0.717) is 13.0 Å². The summed E-state index contributed by atoms with van der Waals surface area (Å²) in [7, 11) is -4.26. The van der Waals surface area contributed by atoms with Crippen LogP contribution in [0, 0.1) is 0 Å². The van der Waals surface area contributed by atoms with Crippen molar-refractivity contribution >= 4 is 13.8 Å². The fourth-order valence-electron chi connectivity index (χ4n) is 6.70. The van der Waals surface area contributed by atoms with E-state index >= 15 is 0 Å². The monoisotopic (exact) mass is 762 g/mol. The third kappa shape index (κ3) is 40.7. The fraction of sp³-hybridized carbons (Fsp3) is 0.977. The number of hydrogen-bond donors (Lipinski definition) is 2. The zero-order valence-electron chi connectivity index (χ0n) is 34.6. The predicted molar refractivity (Wildman–Crippen MR) is 220 cm³/mol. The molecule has 0 radical (unpaired) electrons. The Morgan fingerprint density at radius 3 is 1.21 bits per heavy atom. The molecule has 8 nitrogen and oxygen atoms in total. The quantitative estimate of drug-likeness (QED) is 0.0358. The van der Waals surface area contributed by atoms with Gasteiger partial charge in [0, 0.05) is 19.6 Å². The van der Waals surface area contributed by atoms with Gasteiger partial charge in [0.05, 0.1) is 19.8 Å². The van der Waals surface area contributed by atoms with Gasteiger partial charge in [-0.15, -0.1) is 0 Å². The molecule has 0 saturated heterocycles. The Morgan fingerprint density at radius 2 is 0.846 bits per heavy atom. The van der Waals surface area contributed by atoms with Crippen molar-refractivity contribution in [3.63, 3.8) is 0 Å². The summed E-state index contributed by atoms with van der Waals surface area (Å²) in [5.41, 5.74) is 5.37. The molecule has 0 spiro atoms. The van der Waals surface area contributed by atoms with Crippen molar-refractivity contribution in [2.24, 2.45) is 5.73 Å². The fourth-order valence-corrected chi connectivity index (χ4v) is 7.47. The van der Waals surface area contributed by atoms with E-state index in [-0.39, 0.29) is 32.3 Å². The van der Waals surface area contributed by atoms with Gasteiger partial charge in [-0.3, -0.25) is 13.8 Å². The smallest absolute Gasteiger partial charge is 0.457 e. The van der Waals surface area contributed by atoms with Crippen LogP contribution in [0.4, 0.5) is 0 Å². The maximum atomic E-state index is 12.5. The standard InChI is InChI=1S/C43H88NO7P/c1-3-5-7-9-11-13-15-16-17-18-19-20-21-22-23-24-25-27-29-31-33-35-38-48-40-42(41-50-52(46,47)49-39-37-44)51-43(45)36-34-32-30-28-26-14-12-10-8-6-4-2/h42H,3-41,44H2,1-2H3,(H,46,47). The van der Waals surface area contributed by atoms with Crippen LogP contribution in [0.2, 0.25) is 0 Å². The average Bonchev–Trinajstić information content (AvgIpc) is 3.13. The van der Waals surface area contributed by atoms with Crippen molar-refractivity contribution in [1.82, 2.24) is 0 Å². The van der Waals surface area contributed by atoms with E-state index in [1.807, 2.05) is 0 Å². The van der Waals surface area contributed by atoms with Gasteiger partial charge in [-0.1, -0.05) is 213 Å². The normalized spacial score (nSPS) is 13.4. The highest BCUT2D eigenvalue weighted by atomic mass is 31.2. The number of phosphoric ester groups is 1. The van der Waals surface area contributed by atoms with E-state index in [4.69, 9.17) is 24.3 Å². The molecule has 0 aromatic rings. The molecule has 52 heavy (non-hydrogen) atoms. The molecule has 0 aromatic heterocycles. The highest BCUT2D eigenvalue weighted by Crippen LogP contribution is 2.43. The van der Waals surface area contributed by atoms with Crippen LogP contribution in [0.1, 0.15) is 232 Å². The first kappa shape index (κ1) is 51.5. The SMILES string of the molecule is CCCCCCCCCCCCCCCCCCCCCCCCOCC(COP(=O)(O)OCCN)OC(=O)CCCCCCCCCCCCC. The van der Waals surface area contributed by atoms with Gasteiger partial charge in [0.1, 0.15) is 6.10 Å². The lowest BCUT2D eigenvalue weighted by atomic mass is 10.0. The summed E-state index contributed by atoms with van der Waals surface area (Å²) in [5, 5.41) is 0. The van der Waals surface area contributed by atoms with Gasteiger partial charge in [0.15, 0.2) is 0 Å². The van der Waals surface area contributed by atoms with Gasteiger partial charge in [0.2, 0.25) is 0 Å². The second-order valence-corrected chi connectivity index (χ2v) is 16.7. The molecule has 0 aromatic carbocycles. The molecule has 9 heteroatoms. The van der Waals surface area contributed by atoms with Crippen molar-refractivity contribution in [2.45, 2.75) is 238 Å². The largest absolute Gasteiger partial charge is 0.472 e. The van der Waals surface area contributed by atoms with Crippen molar-refractivity contribution in [3.05, 3.63) is 0 Å². The van der Waals surface area contributed by atoms with E-state index in [1.54, 1.807) is 0 Å². The number of phosphoric acid groups is 1. The molecule has 3 N–H and O–H groups in total. The van der Waals surface area contributed by atoms with Crippen molar-refractivity contribution < 1.29 is 32.8 Å². The summed E-state index contributed by atoms with van der Waals surface area (Å²) < 4.78 is 33.4. The lowest BCUT2D eigenvalue weighted by Gasteiger charge is -2.20. The van der Waals surface area contributed by atoms with Gasteiger partial charge in [-0.2, -0.15) is 0 Å². The van der Waals surface area contributed by atoms with Crippen LogP contribution < -0.4 is 5.73 Å². The minimum Gasteiger partial charge on any atom is -0.457 e. The number of unbranched alkanes of at least 4 members (excludes halogenated alkanes) is 31. The second kappa shape index (κ2) is 41.7. The molecule has 0 bridgehead atoms. The number of esters is 1. The molecule has 0 aliphatic heterocycles. The summed E-state index contributed by atoms with van der Waals surface area (Å²) in [5.74, 6) is -0.326. The summed E-state index contributed by atoms with van der Waals surface area (Å²) in [4.78, 5) is 22.4. The second-order valence-electron chi connectivity index (χ2n) is 15.3. The number of hydrogen-bond acceptors (Lipinski definition) is 7. The van der Waals surface area contributed by atoms with Crippen LogP contribution in [0.25, 0.3) is 0 Å². The van der Waals surface area contributed by atoms with E-state index in [9.17, 15) is 14.3 Å². The van der Waals surface area contributed by atoms with Crippen molar-refractivity contribution in [1.29, 1.82) is 0 Å². The van der Waals surface area contributed by atoms with Crippen LogP contribution >= 0.6 is 7.82 Å². The number of carbonyl (C=O) groups excluding carboxylic acids is 1. The highest BCUT2D eigenvalue weighted by molar-refractivity contribution is 7.47. The summed E-state index contributed by atoms with van der Waals surface area (Å²) in [6, 6.07) is 0. The Labute approximate surface area is 322 Å². The average molecular weight is 762 g/mol. The molecular formula is C43H88NO7P. The van der Waals surface area contributed by atoms with Crippen molar-refractivity contribution in [3.8, 4) is 0 Å². The zero-order chi connectivity index (χ0) is 38.1. The first-order valence-electron chi connectivity index (χ1n) is 22.5. The predicted octanol–water partition coefficient (Wildman–Crippen LogP) is 13.3. The minimum atomic E-state index is -4.26. The van der Waals surface area contributed by atoms with Crippen LogP contribution in [-0.2, 0) is 27.9 Å². The molecule has 312 valence electrons. The molecule has 2 atom stereocenters. The highest BCUT2D eigenvalue weighted by Gasteiger charge is 2.25. The minimum absolute atomic E-state index is 0.0902. The Bertz CT molecular complexity index is 772. The Balaban J connectivity index is 3.86. The maximum absolute atomic E-state index is 12.5. The number of carbonyl (C=O) groups is 1. The molecule has 0 fully saturated rings. The summed E-state index contributed by atoms with van der Waals surface area (Å²) >= 11 is 0. The van der Waals surface area contributed by atoms with Crippen LogP contribution in [-0.4, -0.2) is 49.9 Å². The van der Waals surface area contributed by atoms with Crippen molar-refractivity contribution in [2.75, 3.05) is 33.0 Å². The van der Waals surface area contributed by atoms with E-state index in [2.05, 4.69) is 13.8 Å². The topological polar surface area (TPSA) is 117 Å². The molecule has 2 unspecified atom stereocenters. The van der Waals surface area contributed by atoms with Crippen LogP contribution in [0.15, 0.2) is 0 Å². The first-order valence-corrected chi connectivity index (χ1v) is 24.0. The van der Waals surface area contributed by atoms with E-state index in [1.165, 1.54) is 180 Å². The Hall–Kier alpha value is -0.500. The van der Waals surface area contributed by atoms with Gasteiger partial charge < -0.3 is 20.1 Å². The molecule has 0 heterocycles. The molecule has 0 amide bonds. The van der Waals surface area contributed by atoms with Gasteiger partial charge in [0.25, 0.3) is 0 Å². The molecular weight excluding hydrogens is 673 g/mol. The third-order valence-corrected chi connectivity index (χ3v) is 11.0. The Morgan fingerprint density at radius 1 is 0.500 bits per heavy atom. The summed E-state index contributed by atoms with van der Waals surface area (Å²) in [6.45, 7) is 4.97. The number of ether oxygens (including phenoxy) is 2. The van der Waals surface area contributed by atoms with E-state index < -0.39 is 13.9 Å². The molecule has 0 aliphatic carbocycles. The van der Waals surface area contributed by atoms with Gasteiger partial charge in [-0.25, -0.2) is 4.57 Å². The van der Waals surface area contributed by atoms with Crippen LogP contribution in [0.3, 0.4) is 0 Å². The lowest BCUT2D eigenvalue weighted by molar-refractivity contribution is -0.154. The maximum Gasteiger partial charge on any atom is 0.472 e. The molecule has 0 aliphatic rings. The lowest BCUT2D eigenvalue weighted by Crippen LogP contribution is -2.28. The number of nitrogens with two attached hydrogens (primary N) is 1. The van der Waals surface area contributed by atoms with Gasteiger partial charge in [-0.05, 0) is 12.8 Å². The third-order valence-electron chi connectivity index (χ3n) is 10.0. The zero-order valence-corrected chi connectivity index (χ0v) is 35.5. The van der Waals surface area contributed by atoms with Crippen LogP contribution in [0.5, 0.6) is 0 Å². The first-order chi connectivity index (χ1) is 25.4. The van der Waals surface area contributed by atoms with Gasteiger partial charge >= 0.3 is 13.8 Å². The summed E-state index contributed by atoms with van der Waals surface area (Å²) in [6.07, 6.45) is 42.7. The Kier molecular flexibility index (Phi) is 41.3. The molecule has 0 saturated carbocycles. The number of rotatable bonds is 44.